The predicted octanol–water partition coefficient (Wildman–Crippen LogP) is 4.33. The monoisotopic (exact) mass is 453 g/mol. The minimum atomic E-state index is -0.736. The van der Waals surface area contributed by atoms with E-state index in [1.165, 1.54) is 12.0 Å². The molecule has 7 nitrogen and oxygen atoms in total. The van der Waals surface area contributed by atoms with E-state index in [1.54, 1.807) is 24.3 Å². The van der Waals surface area contributed by atoms with E-state index in [1.807, 2.05) is 31.2 Å². The molecule has 3 rings (SSSR count). The summed E-state index contributed by atoms with van der Waals surface area (Å²) in [5.74, 6) is -0.338. The van der Waals surface area contributed by atoms with Crippen molar-refractivity contribution in [3.05, 3.63) is 65.2 Å². The van der Waals surface area contributed by atoms with Crippen LogP contribution in [0.4, 0.5) is 0 Å². The second-order valence-electron chi connectivity index (χ2n) is 7.72. The molecule has 33 heavy (non-hydrogen) atoms. The van der Waals surface area contributed by atoms with Crippen molar-refractivity contribution in [2.75, 3.05) is 33.5 Å². The molecule has 0 spiro atoms. The third kappa shape index (κ3) is 5.54. The van der Waals surface area contributed by atoms with Crippen molar-refractivity contribution in [1.29, 1.82) is 0 Å². The van der Waals surface area contributed by atoms with Crippen molar-refractivity contribution in [1.82, 2.24) is 4.90 Å². The van der Waals surface area contributed by atoms with E-state index < -0.39 is 17.7 Å². The van der Waals surface area contributed by atoms with Gasteiger partial charge in [-0.2, -0.15) is 0 Å². The van der Waals surface area contributed by atoms with Gasteiger partial charge in [-0.25, -0.2) is 0 Å². The number of aliphatic hydroxyl groups excluding tert-OH is 1. The molecule has 0 aliphatic carbocycles. The molecule has 2 aromatic carbocycles. The topological polar surface area (TPSA) is 85.3 Å². The van der Waals surface area contributed by atoms with Gasteiger partial charge in [-0.05, 0) is 43.2 Å². The van der Waals surface area contributed by atoms with Gasteiger partial charge >= 0.3 is 0 Å². The maximum Gasteiger partial charge on any atom is 0.295 e. The minimum absolute atomic E-state index is 0.0457. The van der Waals surface area contributed by atoms with Crippen LogP contribution < -0.4 is 9.47 Å². The lowest BCUT2D eigenvalue weighted by Gasteiger charge is -2.25. The second-order valence-corrected chi connectivity index (χ2v) is 7.72. The van der Waals surface area contributed by atoms with E-state index in [-0.39, 0.29) is 24.5 Å². The van der Waals surface area contributed by atoms with E-state index in [2.05, 4.69) is 6.92 Å². The fraction of sp³-hybridized carbons (Fsp3) is 0.385. The Morgan fingerprint density at radius 1 is 1.00 bits per heavy atom. The largest absolute Gasteiger partial charge is 0.507 e. The van der Waals surface area contributed by atoms with Gasteiger partial charge < -0.3 is 24.2 Å². The quantitative estimate of drug-likeness (QED) is 0.236. The smallest absolute Gasteiger partial charge is 0.295 e. The van der Waals surface area contributed by atoms with E-state index in [0.717, 1.165) is 12.8 Å². The molecule has 1 aliphatic heterocycles. The van der Waals surface area contributed by atoms with Crippen molar-refractivity contribution in [3.63, 3.8) is 0 Å². The van der Waals surface area contributed by atoms with Crippen LogP contribution in [0.1, 0.15) is 43.9 Å². The molecule has 0 bridgehead atoms. The Labute approximate surface area is 194 Å². The Balaban J connectivity index is 2.03. The minimum Gasteiger partial charge on any atom is -0.507 e. The van der Waals surface area contributed by atoms with Crippen LogP contribution in [0.3, 0.4) is 0 Å². The van der Waals surface area contributed by atoms with Crippen molar-refractivity contribution < 1.29 is 28.9 Å². The Kier molecular flexibility index (Phi) is 8.49. The first-order valence-electron chi connectivity index (χ1n) is 11.2. The van der Waals surface area contributed by atoms with Gasteiger partial charge in [0.2, 0.25) is 0 Å². The molecule has 1 amide bonds. The van der Waals surface area contributed by atoms with Gasteiger partial charge in [-0.15, -0.1) is 0 Å². The molecule has 176 valence electrons. The summed E-state index contributed by atoms with van der Waals surface area (Å²) in [5.41, 5.74) is 1.16. The molecule has 0 aromatic heterocycles. The number of methoxy groups -OCH3 is 1. The summed E-state index contributed by atoms with van der Waals surface area (Å²) in [4.78, 5) is 27.3. The molecule has 0 radical (unpaired) electrons. The number of Topliss-reactive ketones (excluding diaryl/α,β-unsaturated/α-hetero) is 1. The molecule has 1 atom stereocenters. The Hall–Kier alpha value is -3.32. The summed E-state index contributed by atoms with van der Waals surface area (Å²) >= 11 is 0. The number of benzene rings is 2. The number of aliphatic hydroxyl groups is 1. The lowest BCUT2D eigenvalue weighted by molar-refractivity contribution is -0.140. The van der Waals surface area contributed by atoms with Crippen LogP contribution >= 0.6 is 0 Å². The molecular formula is C26H31NO6. The molecular weight excluding hydrogens is 422 g/mol. The van der Waals surface area contributed by atoms with Gasteiger partial charge in [0.1, 0.15) is 17.3 Å². The van der Waals surface area contributed by atoms with Gasteiger partial charge in [0.15, 0.2) is 0 Å². The fourth-order valence-corrected chi connectivity index (χ4v) is 3.78. The maximum absolute atomic E-state index is 13.0. The maximum atomic E-state index is 13.0. The fourth-order valence-electron chi connectivity index (χ4n) is 3.78. The molecule has 1 heterocycles. The number of likely N-dealkylation sites (tertiary alicyclic amines) is 1. The van der Waals surface area contributed by atoms with Crippen molar-refractivity contribution in [2.45, 2.75) is 32.7 Å². The number of unbranched alkanes of at least 4 members (excludes halogenated alkanes) is 1. The van der Waals surface area contributed by atoms with E-state index in [4.69, 9.17) is 14.2 Å². The summed E-state index contributed by atoms with van der Waals surface area (Å²) < 4.78 is 16.4. The number of carbonyl (C=O) groups excluding carboxylic acids is 2. The number of ether oxygens (including phenoxy) is 3. The third-order valence-electron chi connectivity index (χ3n) is 5.46. The average Bonchev–Trinajstić information content (AvgIpc) is 3.08. The Bertz CT molecular complexity index is 998. The first kappa shape index (κ1) is 24.3. The standard InChI is InChI=1S/C26H31NO6/c1-4-6-15-33-20-12-10-18(11-13-20)23-22(25(29)26(30)27(23)14-16-31-3)24(28)19-8-7-9-21(17-19)32-5-2/h7-13,17,23,28H,4-6,14-16H2,1-3H3/b24-22+. The average molecular weight is 454 g/mol. The lowest BCUT2D eigenvalue weighted by Crippen LogP contribution is -2.32. The van der Waals surface area contributed by atoms with Gasteiger partial charge in [-0.1, -0.05) is 37.6 Å². The van der Waals surface area contributed by atoms with Gasteiger partial charge in [0, 0.05) is 19.2 Å². The first-order chi connectivity index (χ1) is 16.0. The molecule has 7 heteroatoms. The zero-order valence-electron chi connectivity index (χ0n) is 19.4. The summed E-state index contributed by atoms with van der Waals surface area (Å²) in [6, 6.07) is 13.4. The number of ketones is 1. The van der Waals surface area contributed by atoms with Gasteiger partial charge in [-0.3, -0.25) is 9.59 Å². The van der Waals surface area contributed by atoms with E-state index in [0.29, 0.717) is 35.8 Å². The molecule has 1 unspecified atom stereocenters. The van der Waals surface area contributed by atoms with Crippen LogP contribution in [0.15, 0.2) is 54.1 Å². The van der Waals surface area contributed by atoms with Crippen LogP contribution in [0.2, 0.25) is 0 Å². The molecule has 1 N–H and O–H groups in total. The Morgan fingerprint density at radius 2 is 1.76 bits per heavy atom. The number of carbonyl (C=O) groups is 2. The zero-order valence-corrected chi connectivity index (χ0v) is 19.4. The van der Waals surface area contributed by atoms with Crippen LogP contribution in [-0.2, 0) is 14.3 Å². The number of hydrogen-bond donors (Lipinski definition) is 1. The number of amides is 1. The van der Waals surface area contributed by atoms with Crippen LogP contribution in [-0.4, -0.2) is 55.2 Å². The van der Waals surface area contributed by atoms with Gasteiger partial charge in [0.25, 0.3) is 11.7 Å². The van der Waals surface area contributed by atoms with Gasteiger partial charge in [0.05, 0.1) is 31.4 Å². The molecule has 1 fully saturated rings. The SMILES string of the molecule is CCCCOc1ccc(C2/C(=C(\O)c3cccc(OCC)c3)C(=O)C(=O)N2CCOC)cc1. The van der Waals surface area contributed by atoms with Crippen molar-refractivity contribution in [2.24, 2.45) is 0 Å². The van der Waals surface area contributed by atoms with Crippen molar-refractivity contribution in [3.8, 4) is 11.5 Å². The van der Waals surface area contributed by atoms with E-state index >= 15 is 0 Å². The molecule has 1 saturated heterocycles. The third-order valence-corrected chi connectivity index (χ3v) is 5.46. The lowest BCUT2D eigenvalue weighted by atomic mass is 9.95. The summed E-state index contributed by atoms with van der Waals surface area (Å²) in [6.07, 6.45) is 2.00. The highest BCUT2D eigenvalue weighted by Crippen LogP contribution is 2.40. The second kappa shape index (κ2) is 11.5. The highest BCUT2D eigenvalue weighted by atomic mass is 16.5. The zero-order chi connectivity index (χ0) is 23.8. The molecule has 2 aromatic rings. The van der Waals surface area contributed by atoms with Crippen molar-refractivity contribution >= 4 is 17.4 Å². The van der Waals surface area contributed by atoms with Crippen LogP contribution in [0.25, 0.3) is 5.76 Å². The molecule has 1 aliphatic rings. The Morgan fingerprint density at radius 3 is 2.42 bits per heavy atom. The number of rotatable bonds is 11. The van der Waals surface area contributed by atoms with E-state index in [9.17, 15) is 14.7 Å². The van der Waals surface area contributed by atoms with Crippen LogP contribution in [0, 0.1) is 0 Å². The van der Waals surface area contributed by atoms with Crippen LogP contribution in [0.5, 0.6) is 11.5 Å². The number of nitrogens with zero attached hydrogens (tertiary/aromatic N) is 1. The summed E-state index contributed by atoms with van der Waals surface area (Å²) in [7, 11) is 1.53. The summed E-state index contributed by atoms with van der Waals surface area (Å²) in [5, 5.41) is 11.1. The highest BCUT2D eigenvalue weighted by Gasteiger charge is 2.45. The molecule has 0 saturated carbocycles. The first-order valence-corrected chi connectivity index (χ1v) is 11.2. The predicted molar refractivity (Wildman–Crippen MR) is 125 cm³/mol. The highest BCUT2D eigenvalue weighted by molar-refractivity contribution is 6.46. The normalized spacial score (nSPS) is 17.4. The number of hydrogen-bond acceptors (Lipinski definition) is 6. The summed E-state index contributed by atoms with van der Waals surface area (Å²) in [6.45, 7) is 5.54.